The van der Waals surface area contributed by atoms with Gasteiger partial charge in [0.2, 0.25) is 0 Å². The van der Waals surface area contributed by atoms with Gasteiger partial charge in [-0.3, -0.25) is 0 Å². The highest BCUT2D eigenvalue weighted by Crippen LogP contribution is 2.47. The van der Waals surface area contributed by atoms with Crippen molar-refractivity contribution in [1.82, 2.24) is 0 Å². The standard InChI is InChI=1S/C16H20O2/c1-10-7-11(2)14-8-12(10)9-18-16(14)13-5-3-4-6-15(13)17/h3-7,10,12,14,16-17H,8-9H2,1-2H3/t10-,12-,14-,16+/m0/s1. The predicted octanol–water partition coefficient (Wildman–Crippen LogP) is 3.68. The Kier molecular flexibility index (Phi) is 2.90. The predicted molar refractivity (Wildman–Crippen MR) is 71.3 cm³/mol. The maximum Gasteiger partial charge on any atom is 0.121 e. The summed E-state index contributed by atoms with van der Waals surface area (Å²) in [6, 6.07) is 7.55. The topological polar surface area (TPSA) is 29.5 Å². The number of fused-ring (bicyclic) bond motifs is 2. The number of benzene rings is 1. The molecular formula is C16H20O2. The Labute approximate surface area is 108 Å². The number of ether oxygens (including phenoxy) is 1. The molecule has 0 amide bonds. The van der Waals surface area contributed by atoms with Crippen molar-refractivity contribution in [2.45, 2.75) is 26.4 Å². The maximum absolute atomic E-state index is 10.00. The van der Waals surface area contributed by atoms with Crippen LogP contribution in [0.3, 0.4) is 0 Å². The van der Waals surface area contributed by atoms with Crippen LogP contribution in [0, 0.1) is 17.8 Å². The number of phenols is 1. The smallest absolute Gasteiger partial charge is 0.121 e. The Balaban J connectivity index is 1.96. The van der Waals surface area contributed by atoms with Crippen molar-refractivity contribution < 1.29 is 9.84 Å². The summed E-state index contributed by atoms with van der Waals surface area (Å²) in [5.41, 5.74) is 2.34. The molecule has 1 aliphatic heterocycles. The third kappa shape index (κ3) is 1.85. The molecule has 2 heteroatoms. The molecule has 2 aliphatic rings. The maximum atomic E-state index is 10.00. The minimum Gasteiger partial charge on any atom is -0.508 e. The van der Waals surface area contributed by atoms with Gasteiger partial charge in [0.05, 0.1) is 12.7 Å². The average molecular weight is 244 g/mol. The van der Waals surface area contributed by atoms with E-state index < -0.39 is 0 Å². The van der Waals surface area contributed by atoms with E-state index in [1.54, 1.807) is 6.07 Å². The molecule has 0 radical (unpaired) electrons. The van der Waals surface area contributed by atoms with Gasteiger partial charge in [-0.2, -0.15) is 0 Å². The second kappa shape index (κ2) is 4.43. The SMILES string of the molecule is CC1=C[C@H](C)[C@@H]2CO[C@H](c3ccccc3O)[C@H]1C2. The fraction of sp³-hybridized carbons (Fsp3) is 0.500. The molecule has 2 nitrogen and oxygen atoms in total. The van der Waals surface area contributed by atoms with Gasteiger partial charge in [-0.25, -0.2) is 0 Å². The van der Waals surface area contributed by atoms with Crippen LogP contribution in [0.1, 0.15) is 31.9 Å². The first-order chi connectivity index (χ1) is 8.66. The Morgan fingerprint density at radius 1 is 1.28 bits per heavy atom. The lowest BCUT2D eigenvalue weighted by molar-refractivity contribution is -0.0627. The normalized spacial score (nSPS) is 35.1. The summed E-state index contributed by atoms with van der Waals surface area (Å²) in [5.74, 6) is 2.04. The lowest BCUT2D eigenvalue weighted by atomic mass is 9.71. The first-order valence-electron chi connectivity index (χ1n) is 6.74. The van der Waals surface area contributed by atoms with Gasteiger partial charge in [0.25, 0.3) is 0 Å². The monoisotopic (exact) mass is 244 g/mol. The van der Waals surface area contributed by atoms with Crippen LogP contribution >= 0.6 is 0 Å². The Bertz CT molecular complexity index is 478. The van der Waals surface area contributed by atoms with Gasteiger partial charge in [-0.05, 0) is 31.2 Å². The van der Waals surface area contributed by atoms with Gasteiger partial charge in [-0.15, -0.1) is 0 Å². The molecule has 2 bridgehead atoms. The Morgan fingerprint density at radius 2 is 2.06 bits per heavy atom. The van der Waals surface area contributed by atoms with Crippen LogP contribution in [-0.4, -0.2) is 11.7 Å². The van der Waals surface area contributed by atoms with E-state index in [1.165, 1.54) is 12.0 Å². The molecule has 1 heterocycles. The summed E-state index contributed by atoms with van der Waals surface area (Å²) >= 11 is 0. The molecule has 1 fully saturated rings. The molecule has 4 atom stereocenters. The van der Waals surface area contributed by atoms with E-state index in [0.29, 0.717) is 23.5 Å². The van der Waals surface area contributed by atoms with Crippen LogP contribution in [-0.2, 0) is 4.74 Å². The molecule has 96 valence electrons. The number of phenolic OH excluding ortho intramolecular Hbond substituents is 1. The van der Waals surface area contributed by atoms with Crippen molar-refractivity contribution in [3.8, 4) is 5.75 Å². The van der Waals surface area contributed by atoms with Crippen molar-refractivity contribution >= 4 is 0 Å². The van der Waals surface area contributed by atoms with Gasteiger partial charge in [0, 0.05) is 11.5 Å². The molecule has 18 heavy (non-hydrogen) atoms. The molecule has 1 N–H and O–H groups in total. The largest absolute Gasteiger partial charge is 0.508 e. The number of aromatic hydroxyl groups is 1. The zero-order chi connectivity index (χ0) is 12.7. The van der Waals surface area contributed by atoms with Gasteiger partial charge in [0.1, 0.15) is 5.75 Å². The molecule has 1 saturated heterocycles. The van der Waals surface area contributed by atoms with E-state index in [1.807, 2.05) is 18.2 Å². The summed E-state index contributed by atoms with van der Waals surface area (Å²) in [7, 11) is 0. The van der Waals surface area contributed by atoms with Gasteiger partial charge in [0.15, 0.2) is 0 Å². The molecule has 0 unspecified atom stereocenters. The van der Waals surface area contributed by atoms with Crippen LogP contribution in [0.25, 0.3) is 0 Å². The summed E-state index contributed by atoms with van der Waals surface area (Å²) < 4.78 is 6.05. The fourth-order valence-electron chi connectivity index (χ4n) is 3.36. The number of hydrogen-bond donors (Lipinski definition) is 1. The molecule has 1 aromatic rings. The van der Waals surface area contributed by atoms with Crippen LogP contribution in [0.4, 0.5) is 0 Å². The zero-order valence-electron chi connectivity index (χ0n) is 11.0. The first-order valence-corrected chi connectivity index (χ1v) is 6.74. The number of allylic oxidation sites excluding steroid dienone is 1. The lowest BCUT2D eigenvalue weighted by Gasteiger charge is -2.42. The molecule has 0 saturated carbocycles. The van der Waals surface area contributed by atoms with Crippen molar-refractivity contribution in [3.05, 3.63) is 41.5 Å². The third-order valence-corrected chi connectivity index (χ3v) is 4.51. The van der Waals surface area contributed by atoms with E-state index in [0.717, 1.165) is 12.2 Å². The summed E-state index contributed by atoms with van der Waals surface area (Å²) in [6.07, 6.45) is 3.59. The van der Waals surface area contributed by atoms with Gasteiger partial charge < -0.3 is 9.84 Å². The minimum atomic E-state index is 0.0196. The van der Waals surface area contributed by atoms with Gasteiger partial charge >= 0.3 is 0 Å². The summed E-state index contributed by atoms with van der Waals surface area (Å²) in [4.78, 5) is 0. The third-order valence-electron chi connectivity index (χ3n) is 4.51. The highest BCUT2D eigenvalue weighted by Gasteiger charge is 2.38. The molecule has 1 aromatic carbocycles. The first kappa shape index (κ1) is 11.8. The highest BCUT2D eigenvalue weighted by molar-refractivity contribution is 5.36. The van der Waals surface area contributed by atoms with Crippen LogP contribution in [0.5, 0.6) is 5.75 Å². The second-order valence-electron chi connectivity index (χ2n) is 5.68. The number of rotatable bonds is 1. The van der Waals surface area contributed by atoms with E-state index in [-0.39, 0.29) is 6.10 Å². The van der Waals surface area contributed by atoms with Crippen LogP contribution < -0.4 is 0 Å². The molecule has 0 spiro atoms. The average Bonchev–Trinajstić information content (AvgIpc) is 2.37. The van der Waals surface area contributed by atoms with E-state index in [4.69, 9.17) is 4.74 Å². The number of hydrogen-bond acceptors (Lipinski definition) is 2. The van der Waals surface area contributed by atoms with Crippen LogP contribution in [0.15, 0.2) is 35.9 Å². The lowest BCUT2D eigenvalue weighted by Crippen LogP contribution is -2.35. The Morgan fingerprint density at radius 3 is 2.83 bits per heavy atom. The van der Waals surface area contributed by atoms with Crippen LogP contribution in [0.2, 0.25) is 0 Å². The van der Waals surface area contributed by atoms with Crippen molar-refractivity contribution in [3.63, 3.8) is 0 Å². The minimum absolute atomic E-state index is 0.0196. The molecule has 1 aliphatic carbocycles. The molecule has 3 rings (SSSR count). The van der Waals surface area contributed by atoms with Crippen molar-refractivity contribution in [2.24, 2.45) is 17.8 Å². The van der Waals surface area contributed by atoms with E-state index in [9.17, 15) is 5.11 Å². The second-order valence-corrected chi connectivity index (χ2v) is 5.68. The van der Waals surface area contributed by atoms with E-state index >= 15 is 0 Å². The van der Waals surface area contributed by atoms with Gasteiger partial charge in [-0.1, -0.05) is 36.8 Å². The summed E-state index contributed by atoms with van der Waals surface area (Å²) in [5, 5.41) is 10.00. The zero-order valence-corrected chi connectivity index (χ0v) is 11.0. The summed E-state index contributed by atoms with van der Waals surface area (Å²) in [6.45, 7) is 5.27. The highest BCUT2D eigenvalue weighted by atomic mass is 16.5. The Hall–Kier alpha value is -1.28. The van der Waals surface area contributed by atoms with E-state index in [2.05, 4.69) is 19.9 Å². The fourth-order valence-corrected chi connectivity index (χ4v) is 3.36. The number of para-hydroxylation sites is 1. The molecule has 0 aromatic heterocycles. The quantitative estimate of drug-likeness (QED) is 0.764. The van der Waals surface area contributed by atoms with Crippen molar-refractivity contribution in [2.75, 3.05) is 6.61 Å². The molecular weight excluding hydrogens is 224 g/mol. The van der Waals surface area contributed by atoms with Crippen molar-refractivity contribution in [1.29, 1.82) is 0 Å².